The number of rotatable bonds is 6. The fourth-order valence-electron chi connectivity index (χ4n) is 2.06. The Morgan fingerprint density at radius 2 is 2.00 bits per heavy atom. The zero-order chi connectivity index (χ0) is 15.1. The van der Waals surface area contributed by atoms with Gasteiger partial charge in [0.1, 0.15) is 0 Å². The number of carbonyl (C=O) groups is 1. The molecule has 1 aromatic heterocycles. The zero-order valence-electron chi connectivity index (χ0n) is 12.0. The number of aliphatic hydroxyl groups excluding tert-OH is 1. The molecule has 0 radical (unpaired) electrons. The van der Waals surface area contributed by atoms with Crippen molar-refractivity contribution < 1.29 is 9.90 Å². The normalized spacial score (nSPS) is 13.4. The number of thiophene rings is 1. The molecule has 0 saturated carbocycles. The molecule has 2 unspecified atom stereocenters. The van der Waals surface area contributed by atoms with Crippen LogP contribution < -0.4 is 10.6 Å². The third-order valence-corrected chi connectivity index (χ3v) is 4.02. The Morgan fingerprint density at radius 3 is 2.67 bits per heavy atom. The van der Waals surface area contributed by atoms with Crippen molar-refractivity contribution in [2.45, 2.75) is 32.0 Å². The Bertz CT molecular complexity index is 543. The highest BCUT2D eigenvalue weighted by molar-refractivity contribution is 7.09. The molecule has 0 spiro atoms. The molecule has 2 aromatic rings. The summed E-state index contributed by atoms with van der Waals surface area (Å²) in [5.74, 6) is 0. The molecule has 2 atom stereocenters. The van der Waals surface area contributed by atoms with Gasteiger partial charge in [0.2, 0.25) is 0 Å². The van der Waals surface area contributed by atoms with Crippen LogP contribution in [-0.4, -0.2) is 17.2 Å². The third-order valence-electron chi connectivity index (χ3n) is 3.14. The van der Waals surface area contributed by atoms with Gasteiger partial charge in [-0.2, -0.15) is 0 Å². The Labute approximate surface area is 128 Å². The van der Waals surface area contributed by atoms with Crippen molar-refractivity contribution in [3.8, 4) is 0 Å². The summed E-state index contributed by atoms with van der Waals surface area (Å²) in [5.41, 5.74) is 0.866. The first-order chi connectivity index (χ1) is 10.1. The zero-order valence-corrected chi connectivity index (χ0v) is 12.8. The van der Waals surface area contributed by atoms with Crippen LogP contribution in [0.1, 0.15) is 29.9 Å². The highest BCUT2D eigenvalue weighted by Crippen LogP contribution is 2.17. The standard InChI is InChI=1S/C16H20N2O2S/c1-12(10-15(19)13-6-3-2-4-7-13)18-16(20)17-11-14-8-5-9-21-14/h2-9,12,15,19H,10-11H2,1H3,(H2,17,18,20). The molecule has 5 heteroatoms. The summed E-state index contributed by atoms with van der Waals surface area (Å²) < 4.78 is 0. The van der Waals surface area contributed by atoms with Gasteiger partial charge in [-0.15, -0.1) is 11.3 Å². The van der Waals surface area contributed by atoms with Crippen molar-refractivity contribution >= 4 is 17.4 Å². The largest absolute Gasteiger partial charge is 0.388 e. The smallest absolute Gasteiger partial charge is 0.315 e. The third kappa shape index (κ3) is 5.21. The maximum absolute atomic E-state index is 11.8. The fourth-order valence-corrected chi connectivity index (χ4v) is 2.71. The first-order valence-corrected chi connectivity index (χ1v) is 7.83. The van der Waals surface area contributed by atoms with E-state index >= 15 is 0 Å². The molecule has 1 heterocycles. The van der Waals surface area contributed by atoms with Gasteiger partial charge in [-0.3, -0.25) is 0 Å². The van der Waals surface area contributed by atoms with Crippen LogP contribution in [-0.2, 0) is 6.54 Å². The van der Waals surface area contributed by atoms with E-state index in [1.807, 2.05) is 54.8 Å². The first kappa shape index (κ1) is 15.5. The van der Waals surface area contributed by atoms with E-state index in [1.165, 1.54) is 0 Å². The molecule has 1 aromatic carbocycles. The van der Waals surface area contributed by atoms with E-state index in [0.717, 1.165) is 10.4 Å². The lowest BCUT2D eigenvalue weighted by atomic mass is 10.0. The van der Waals surface area contributed by atoms with Gasteiger partial charge < -0.3 is 15.7 Å². The molecule has 0 aliphatic heterocycles. The molecule has 21 heavy (non-hydrogen) atoms. The van der Waals surface area contributed by atoms with Crippen molar-refractivity contribution in [1.29, 1.82) is 0 Å². The number of carbonyl (C=O) groups excluding carboxylic acids is 1. The predicted molar refractivity (Wildman–Crippen MR) is 85.2 cm³/mol. The van der Waals surface area contributed by atoms with E-state index in [2.05, 4.69) is 10.6 Å². The van der Waals surface area contributed by atoms with Crippen LogP contribution in [0.25, 0.3) is 0 Å². The van der Waals surface area contributed by atoms with Crippen molar-refractivity contribution in [2.75, 3.05) is 0 Å². The van der Waals surface area contributed by atoms with Gasteiger partial charge in [0.05, 0.1) is 12.6 Å². The second kappa shape index (κ2) is 7.81. The van der Waals surface area contributed by atoms with Crippen molar-refractivity contribution in [2.24, 2.45) is 0 Å². The minimum atomic E-state index is -0.571. The topological polar surface area (TPSA) is 61.4 Å². The Hall–Kier alpha value is -1.85. The summed E-state index contributed by atoms with van der Waals surface area (Å²) in [6.45, 7) is 2.41. The van der Waals surface area contributed by atoms with Gasteiger partial charge in [0, 0.05) is 10.9 Å². The highest BCUT2D eigenvalue weighted by atomic mass is 32.1. The molecule has 0 aliphatic rings. The molecule has 4 nitrogen and oxygen atoms in total. The first-order valence-electron chi connectivity index (χ1n) is 6.95. The van der Waals surface area contributed by atoms with E-state index in [9.17, 15) is 9.90 Å². The van der Waals surface area contributed by atoms with Gasteiger partial charge in [-0.1, -0.05) is 36.4 Å². The van der Waals surface area contributed by atoms with Crippen LogP contribution in [0.2, 0.25) is 0 Å². The number of hydrogen-bond donors (Lipinski definition) is 3. The Kier molecular flexibility index (Phi) is 5.78. The van der Waals surface area contributed by atoms with E-state index in [1.54, 1.807) is 11.3 Å². The molecule has 3 N–H and O–H groups in total. The summed E-state index contributed by atoms with van der Waals surface area (Å²) in [6.07, 6.45) is -0.0880. The summed E-state index contributed by atoms with van der Waals surface area (Å²) in [7, 11) is 0. The van der Waals surface area contributed by atoms with Crippen LogP contribution in [0, 0.1) is 0 Å². The number of aliphatic hydroxyl groups is 1. The monoisotopic (exact) mass is 304 g/mol. The number of amides is 2. The van der Waals surface area contributed by atoms with Gasteiger partial charge in [-0.25, -0.2) is 4.79 Å². The number of hydrogen-bond acceptors (Lipinski definition) is 3. The van der Waals surface area contributed by atoms with Gasteiger partial charge in [-0.05, 0) is 30.4 Å². The summed E-state index contributed by atoms with van der Waals surface area (Å²) in [5, 5.41) is 17.7. The van der Waals surface area contributed by atoms with E-state index in [4.69, 9.17) is 0 Å². The predicted octanol–water partition coefficient (Wildman–Crippen LogP) is 3.06. The molecule has 2 rings (SSSR count). The number of urea groups is 1. The average molecular weight is 304 g/mol. The van der Waals surface area contributed by atoms with Crippen LogP contribution in [0.5, 0.6) is 0 Å². The van der Waals surface area contributed by atoms with Gasteiger partial charge in [0.15, 0.2) is 0 Å². The quantitative estimate of drug-likeness (QED) is 0.768. The SMILES string of the molecule is CC(CC(O)c1ccccc1)NC(=O)NCc1cccs1. The molecule has 0 aliphatic carbocycles. The van der Waals surface area contributed by atoms with Crippen LogP contribution in [0.3, 0.4) is 0 Å². The average Bonchev–Trinajstić information content (AvgIpc) is 2.99. The molecular formula is C16H20N2O2S. The van der Waals surface area contributed by atoms with E-state index < -0.39 is 6.10 Å². The van der Waals surface area contributed by atoms with E-state index in [-0.39, 0.29) is 12.1 Å². The second-order valence-corrected chi connectivity index (χ2v) is 6.00. The Balaban J connectivity index is 1.73. The lowest BCUT2D eigenvalue weighted by Crippen LogP contribution is -2.40. The van der Waals surface area contributed by atoms with Crippen molar-refractivity contribution in [1.82, 2.24) is 10.6 Å². The molecule has 0 bridgehead atoms. The van der Waals surface area contributed by atoms with Gasteiger partial charge >= 0.3 is 6.03 Å². The lowest BCUT2D eigenvalue weighted by Gasteiger charge is -2.18. The van der Waals surface area contributed by atoms with Crippen molar-refractivity contribution in [3.63, 3.8) is 0 Å². The number of benzene rings is 1. The van der Waals surface area contributed by atoms with E-state index in [0.29, 0.717) is 13.0 Å². The maximum atomic E-state index is 11.8. The Morgan fingerprint density at radius 1 is 1.24 bits per heavy atom. The molecule has 0 fully saturated rings. The van der Waals surface area contributed by atoms with Crippen LogP contribution >= 0.6 is 11.3 Å². The lowest BCUT2D eigenvalue weighted by molar-refractivity contribution is 0.154. The second-order valence-electron chi connectivity index (χ2n) is 4.97. The van der Waals surface area contributed by atoms with Gasteiger partial charge in [0.25, 0.3) is 0 Å². The van der Waals surface area contributed by atoms with Crippen LogP contribution in [0.4, 0.5) is 4.79 Å². The van der Waals surface area contributed by atoms with Crippen LogP contribution in [0.15, 0.2) is 47.8 Å². The molecule has 0 saturated heterocycles. The minimum absolute atomic E-state index is 0.108. The maximum Gasteiger partial charge on any atom is 0.315 e. The number of nitrogens with one attached hydrogen (secondary N) is 2. The summed E-state index contributed by atoms with van der Waals surface area (Å²) in [4.78, 5) is 12.9. The molecule has 2 amide bonds. The summed E-state index contributed by atoms with van der Waals surface area (Å²) >= 11 is 1.61. The summed E-state index contributed by atoms with van der Waals surface area (Å²) in [6, 6.07) is 13.1. The minimum Gasteiger partial charge on any atom is -0.388 e. The van der Waals surface area contributed by atoms with Crippen molar-refractivity contribution in [3.05, 3.63) is 58.3 Å². The molecule has 112 valence electrons. The molecular weight excluding hydrogens is 284 g/mol. The highest BCUT2D eigenvalue weighted by Gasteiger charge is 2.14. The fraction of sp³-hybridized carbons (Fsp3) is 0.312.